The Morgan fingerprint density at radius 2 is 1.41 bits per heavy atom. The minimum absolute atomic E-state index is 0. The van der Waals surface area contributed by atoms with E-state index < -0.39 is 0 Å². The normalized spacial score (nSPS) is 10.7. The molecule has 1 aromatic heterocycles. The molecule has 3 aromatic carbocycles. The lowest BCUT2D eigenvalue weighted by atomic mass is 10.2. The van der Waals surface area contributed by atoms with Gasteiger partial charge in [-0.05, 0) is 48.0 Å². The number of aromatic nitrogens is 2. The van der Waals surface area contributed by atoms with Crippen LogP contribution in [0.2, 0.25) is 0 Å². The summed E-state index contributed by atoms with van der Waals surface area (Å²) in [5, 5.41) is 8.75. The van der Waals surface area contributed by atoms with E-state index in [1.807, 2.05) is 63.7 Å². The van der Waals surface area contributed by atoms with E-state index in [9.17, 15) is 0 Å². The van der Waals surface area contributed by atoms with Crippen LogP contribution in [0.15, 0.2) is 81.7 Å². The molecular weight excluding hydrogens is 562 g/mol. The lowest BCUT2D eigenvalue weighted by molar-refractivity contribution is 0.296. The molecule has 0 aliphatic carbocycles. The number of hydrogen-bond acceptors (Lipinski definition) is 2. The number of rotatable bonds is 6. The Bertz CT molecular complexity index is 1170. The quantitative estimate of drug-likeness (QED) is 0.291. The predicted molar refractivity (Wildman–Crippen MR) is 129 cm³/mol. The summed E-state index contributed by atoms with van der Waals surface area (Å²) in [4.78, 5) is 0. The molecule has 4 rings (SSSR count). The van der Waals surface area contributed by atoms with Gasteiger partial charge in [0.1, 0.15) is 12.4 Å². The Kier molecular flexibility index (Phi) is 7.38. The maximum Gasteiger partial charge on any atom is 0.203 e. The van der Waals surface area contributed by atoms with Crippen LogP contribution in [0.4, 0.5) is 0 Å². The van der Waals surface area contributed by atoms with Crippen molar-refractivity contribution in [2.75, 3.05) is 6.61 Å². The molecule has 4 nitrogen and oxygen atoms in total. The van der Waals surface area contributed by atoms with E-state index in [0.717, 1.165) is 31.3 Å². The van der Waals surface area contributed by atoms with Crippen LogP contribution in [0.1, 0.15) is 5.56 Å². The predicted octanol–water partition coefficient (Wildman–Crippen LogP) is 6.15. The van der Waals surface area contributed by atoms with E-state index in [1.54, 1.807) is 0 Å². The minimum Gasteiger partial charge on any atom is -0.492 e. The molecule has 1 heterocycles. The Hall–Kier alpha value is -1.83. The molecule has 4 aromatic rings. The maximum atomic E-state index is 8.75. The number of nitrogens with zero attached hydrogens (tertiary/aromatic N) is 2. The zero-order chi connectivity index (χ0) is 19.5. The molecule has 0 bridgehead atoms. The summed E-state index contributed by atoms with van der Waals surface area (Å²) in [6, 6.07) is 24.1. The molecule has 150 valence electrons. The summed E-state index contributed by atoms with van der Waals surface area (Å²) in [6.07, 6.45) is 0. The summed E-state index contributed by atoms with van der Waals surface area (Å²) < 4.78 is 12.0. The third-order valence-corrected chi connectivity index (χ3v) is 5.96. The maximum absolute atomic E-state index is 8.75. The summed E-state index contributed by atoms with van der Waals surface area (Å²) in [5.74, 6) is 0.826. The minimum atomic E-state index is 0. The standard InChI is InChI=1S/C22H19Br2N3O.BrH/c23-17-9-11-18(12-10-17)28-14-13-26-20-7-3-4-8-21(20)27(22(26)25)15-16-5-1-2-6-19(16)24;/h1-12,25H,13-15H2;1H. The van der Waals surface area contributed by atoms with Gasteiger partial charge in [-0.2, -0.15) is 0 Å². The number of nitrogens with one attached hydrogen (secondary N) is 1. The summed E-state index contributed by atoms with van der Waals surface area (Å²) in [6.45, 7) is 1.75. The molecule has 1 N–H and O–H groups in total. The SMILES string of the molecule is Br.N=c1n(CCOc2ccc(Br)cc2)c2ccccc2n1Cc1ccccc1Br. The van der Waals surface area contributed by atoms with Crippen molar-refractivity contribution in [3.63, 3.8) is 0 Å². The average molecular weight is 582 g/mol. The van der Waals surface area contributed by atoms with Crippen molar-refractivity contribution in [3.05, 3.63) is 92.9 Å². The van der Waals surface area contributed by atoms with Gasteiger partial charge in [0.25, 0.3) is 0 Å². The van der Waals surface area contributed by atoms with Crippen LogP contribution in [-0.2, 0) is 13.1 Å². The first-order valence-corrected chi connectivity index (χ1v) is 10.6. The highest BCUT2D eigenvalue weighted by Gasteiger charge is 2.12. The molecule has 0 fully saturated rings. The fourth-order valence-corrected chi connectivity index (χ4v) is 3.94. The molecule has 0 aliphatic heterocycles. The van der Waals surface area contributed by atoms with E-state index in [0.29, 0.717) is 25.3 Å². The second-order valence-corrected chi connectivity index (χ2v) is 8.21. The average Bonchev–Trinajstić information content (AvgIpc) is 2.97. The van der Waals surface area contributed by atoms with Crippen LogP contribution < -0.4 is 10.4 Å². The van der Waals surface area contributed by atoms with Crippen molar-refractivity contribution in [2.45, 2.75) is 13.1 Å². The summed E-state index contributed by atoms with van der Waals surface area (Å²) in [7, 11) is 0. The topological polar surface area (TPSA) is 42.9 Å². The van der Waals surface area contributed by atoms with E-state index >= 15 is 0 Å². The van der Waals surface area contributed by atoms with Gasteiger partial charge in [0.05, 0.1) is 24.1 Å². The third-order valence-electron chi connectivity index (χ3n) is 4.66. The number of imidazole rings is 1. The molecule has 0 spiro atoms. The van der Waals surface area contributed by atoms with E-state index in [2.05, 4.69) is 50.1 Å². The van der Waals surface area contributed by atoms with Gasteiger partial charge in [0.2, 0.25) is 5.62 Å². The Balaban J connectivity index is 0.00000240. The zero-order valence-corrected chi connectivity index (χ0v) is 20.4. The highest BCUT2D eigenvalue weighted by atomic mass is 79.9. The van der Waals surface area contributed by atoms with Gasteiger partial charge >= 0.3 is 0 Å². The van der Waals surface area contributed by atoms with Gasteiger partial charge in [-0.15, -0.1) is 17.0 Å². The Labute approximate surface area is 196 Å². The number of halogens is 3. The lowest BCUT2D eigenvalue weighted by Gasteiger charge is -2.08. The van der Waals surface area contributed by atoms with Crippen LogP contribution in [0.25, 0.3) is 11.0 Å². The van der Waals surface area contributed by atoms with Crippen LogP contribution in [0, 0.1) is 5.41 Å². The molecule has 0 saturated carbocycles. The van der Waals surface area contributed by atoms with Gasteiger partial charge < -0.3 is 13.9 Å². The second kappa shape index (κ2) is 9.78. The van der Waals surface area contributed by atoms with Crippen LogP contribution in [0.5, 0.6) is 5.75 Å². The summed E-state index contributed by atoms with van der Waals surface area (Å²) >= 11 is 7.05. The second-order valence-electron chi connectivity index (χ2n) is 6.44. The number of ether oxygens (including phenoxy) is 1. The fourth-order valence-electron chi connectivity index (χ4n) is 3.26. The van der Waals surface area contributed by atoms with Gasteiger partial charge in [0, 0.05) is 8.95 Å². The highest BCUT2D eigenvalue weighted by Crippen LogP contribution is 2.20. The van der Waals surface area contributed by atoms with Crippen molar-refractivity contribution < 1.29 is 4.74 Å². The fraction of sp³-hybridized carbons (Fsp3) is 0.136. The number of benzene rings is 3. The highest BCUT2D eigenvalue weighted by molar-refractivity contribution is 9.10. The van der Waals surface area contributed by atoms with Gasteiger partial charge in [0.15, 0.2) is 0 Å². The molecular formula is C22H20Br3N3O. The molecule has 0 aliphatic rings. The van der Waals surface area contributed by atoms with Crippen molar-refractivity contribution in [3.8, 4) is 5.75 Å². The number of hydrogen-bond donors (Lipinski definition) is 1. The Morgan fingerprint density at radius 3 is 2.10 bits per heavy atom. The lowest BCUT2D eigenvalue weighted by Crippen LogP contribution is -2.27. The Morgan fingerprint density at radius 1 is 0.793 bits per heavy atom. The summed E-state index contributed by atoms with van der Waals surface area (Å²) in [5.41, 5.74) is 3.71. The number of fused-ring (bicyclic) bond motifs is 1. The van der Waals surface area contributed by atoms with Gasteiger partial charge in [-0.3, -0.25) is 5.41 Å². The van der Waals surface area contributed by atoms with Crippen molar-refractivity contribution >= 4 is 59.9 Å². The molecule has 0 saturated heterocycles. The monoisotopic (exact) mass is 579 g/mol. The van der Waals surface area contributed by atoms with E-state index in [4.69, 9.17) is 10.1 Å². The van der Waals surface area contributed by atoms with Crippen LogP contribution >= 0.6 is 48.8 Å². The van der Waals surface area contributed by atoms with Crippen molar-refractivity contribution in [1.82, 2.24) is 9.13 Å². The first kappa shape index (κ1) is 21.9. The van der Waals surface area contributed by atoms with Gasteiger partial charge in [-0.25, -0.2) is 0 Å². The number of para-hydroxylation sites is 2. The molecule has 29 heavy (non-hydrogen) atoms. The largest absolute Gasteiger partial charge is 0.492 e. The van der Waals surface area contributed by atoms with Gasteiger partial charge in [-0.1, -0.05) is 62.2 Å². The van der Waals surface area contributed by atoms with E-state index in [-0.39, 0.29) is 17.0 Å². The smallest absolute Gasteiger partial charge is 0.203 e. The first-order chi connectivity index (χ1) is 13.6. The van der Waals surface area contributed by atoms with Crippen molar-refractivity contribution in [1.29, 1.82) is 5.41 Å². The van der Waals surface area contributed by atoms with Crippen molar-refractivity contribution in [2.24, 2.45) is 0 Å². The van der Waals surface area contributed by atoms with E-state index in [1.165, 1.54) is 0 Å². The molecule has 7 heteroatoms. The van der Waals surface area contributed by atoms with Crippen LogP contribution in [-0.4, -0.2) is 15.7 Å². The first-order valence-electron chi connectivity index (χ1n) is 8.98. The third kappa shape index (κ3) is 4.85. The molecule has 0 atom stereocenters. The molecule has 0 unspecified atom stereocenters. The molecule has 0 radical (unpaired) electrons. The molecule has 0 amide bonds. The zero-order valence-electron chi connectivity index (χ0n) is 15.5. The van der Waals surface area contributed by atoms with Crippen LogP contribution in [0.3, 0.4) is 0 Å².